The van der Waals surface area contributed by atoms with Gasteiger partial charge in [0.05, 0.1) is 0 Å². The van der Waals surface area contributed by atoms with E-state index in [9.17, 15) is 0 Å². The number of halogens is 1. The Morgan fingerprint density at radius 1 is 1.13 bits per heavy atom. The van der Waals surface area contributed by atoms with Crippen molar-refractivity contribution in [2.75, 3.05) is 6.54 Å². The topological polar surface area (TPSA) is 12.0 Å². The van der Waals surface area contributed by atoms with Gasteiger partial charge >= 0.3 is 0 Å². The molecule has 1 saturated heterocycles. The molecule has 2 fully saturated rings. The molecule has 2 aliphatic rings. The molecule has 0 bridgehead atoms. The van der Waals surface area contributed by atoms with E-state index in [4.69, 9.17) is 11.6 Å². The van der Waals surface area contributed by atoms with Crippen molar-refractivity contribution in [3.63, 3.8) is 0 Å². The maximum absolute atomic E-state index is 6.07. The lowest BCUT2D eigenvalue weighted by Crippen LogP contribution is -2.14. The molecule has 1 aliphatic carbocycles. The Bertz CT molecular complexity index is 365. The highest BCUT2D eigenvalue weighted by Crippen LogP contribution is 2.44. The molecule has 1 nitrogen and oxygen atoms in total. The van der Waals surface area contributed by atoms with E-state index in [-0.39, 0.29) is 0 Å². The molecule has 1 saturated carbocycles. The Balaban J connectivity index is 1.97. The minimum absolute atomic E-state index is 0.581. The van der Waals surface area contributed by atoms with Gasteiger partial charge in [-0.3, -0.25) is 0 Å². The predicted octanol–water partition coefficient (Wildman–Crippen LogP) is 3.64. The van der Waals surface area contributed by atoms with Crippen LogP contribution in [0, 0.1) is 0 Å². The Hall–Kier alpha value is -0.530. The molecule has 1 heterocycles. The summed E-state index contributed by atoms with van der Waals surface area (Å²) in [6.45, 7) is 1.16. The quantitative estimate of drug-likeness (QED) is 0.804. The number of benzene rings is 1. The van der Waals surface area contributed by atoms with Crippen LogP contribution in [0.15, 0.2) is 18.2 Å². The van der Waals surface area contributed by atoms with Gasteiger partial charge in [0.1, 0.15) is 0 Å². The Labute approximate surface area is 95.8 Å². The zero-order valence-electron chi connectivity index (χ0n) is 8.80. The molecule has 1 N–H and O–H groups in total. The first-order valence-corrected chi connectivity index (χ1v) is 6.25. The average molecular weight is 222 g/mol. The third kappa shape index (κ3) is 1.91. The number of hydrogen-bond acceptors (Lipinski definition) is 1. The van der Waals surface area contributed by atoms with E-state index < -0.39 is 0 Å². The summed E-state index contributed by atoms with van der Waals surface area (Å²) < 4.78 is 0. The first-order valence-electron chi connectivity index (χ1n) is 5.87. The zero-order chi connectivity index (χ0) is 10.3. The van der Waals surface area contributed by atoms with Crippen molar-refractivity contribution in [1.29, 1.82) is 0 Å². The van der Waals surface area contributed by atoms with Gasteiger partial charge in [-0.05, 0) is 61.4 Å². The highest BCUT2D eigenvalue weighted by atomic mass is 35.5. The number of rotatable bonds is 2. The first kappa shape index (κ1) is 9.68. The Morgan fingerprint density at radius 3 is 2.67 bits per heavy atom. The van der Waals surface area contributed by atoms with Crippen LogP contribution in [-0.4, -0.2) is 6.54 Å². The third-order valence-corrected chi connectivity index (χ3v) is 3.74. The van der Waals surface area contributed by atoms with Crippen molar-refractivity contribution in [2.24, 2.45) is 0 Å². The molecule has 0 amide bonds. The predicted molar refractivity (Wildman–Crippen MR) is 63.4 cm³/mol. The van der Waals surface area contributed by atoms with Crippen LogP contribution in [0.5, 0.6) is 0 Å². The summed E-state index contributed by atoms with van der Waals surface area (Å²) in [6, 6.07) is 7.01. The molecule has 0 radical (unpaired) electrons. The molecule has 2 heteroatoms. The largest absolute Gasteiger partial charge is 0.310 e. The summed E-state index contributed by atoms with van der Waals surface area (Å²) in [5.41, 5.74) is 3.00. The van der Waals surface area contributed by atoms with E-state index >= 15 is 0 Å². The van der Waals surface area contributed by atoms with Gasteiger partial charge in [-0.15, -0.1) is 0 Å². The number of hydrogen-bond donors (Lipinski definition) is 1. The van der Waals surface area contributed by atoms with E-state index in [1.165, 1.54) is 36.8 Å². The summed E-state index contributed by atoms with van der Waals surface area (Å²) in [7, 11) is 0. The van der Waals surface area contributed by atoms with E-state index in [1.807, 2.05) is 6.07 Å². The van der Waals surface area contributed by atoms with Gasteiger partial charge < -0.3 is 5.32 Å². The van der Waals surface area contributed by atoms with Gasteiger partial charge in [0, 0.05) is 11.1 Å². The van der Waals surface area contributed by atoms with Crippen LogP contribution in [0.4, 0.5) is 0 Å². The van der Waals surface area contributed by atoms with Crippen LogP contribution in [0.3, 0.4) is 0 Å². The van der Waals surface area contributed by atoms with Crippen LogP contribution in [0.2, 0.25) is 5.02 Å². The maximum Gasteiger partial charge on any atom is 0.0409 e. The third-order valence-electron chi connectivity index (χ3n) is 3.50. The van der Waals surface area contributed by atoms with Crippen molar-refractivity contribution in [2.45, 2.75) is 37.6 Å². The fourth-order valence-corrected chi connectivity index (χ4v) is 2.74. The molecule has 3 rings (SSSR count). The number of nitrogens with one attached hydrogen (secondary N) is 1. The SMILES string of the molecule is Clc1ccc(C2CCCN2)c(C2CC2)c1. The van der Waals surface area contributed by atoms with Crippen LogP contribution in [0.25, 0.3) is 0 Å². The first-order chi connectivity index (χ1) is 7.34. The second kappa shape index (κ2) is 3.80. The van der Waals surface area contributed by atoms with Crippen LogP contribution in [-0.2, 0) is 0 Å². The van der Waals surface area contributed by atoms with Crippen molar-refractivity contribution >= 4 is 11.6 Å². The zero-order valence-corrected chi connectivity index (χ0v) is 9.56. The molecule has 15 heavy (non-hydrogen) atoms. The molecule has 0 aromatic heterocycles. The standard InChI is InChI=1S/C13H16ClN/c14-10-5-6-11(13-2-1-7-15-13)12(8-10)9-3-4-9/h5-6,8-9,13,15H,1-4,7H2. The van der Waals surface area contributed by atoms with Crippen molar-refractivity contribution in [3.05, 3.63) is 34.3 Å². The van der Waals surface area contributed by atoms with Crippen LogP contribution in [0.1, 0.15) is 48.8 Å². The molecule has 1 aliphatic heterocycles. The second-order valence-electron chi connectivity index (χ2n) is 4.70. The molecule has 1 unspecified atom stereocenters. The Kier molecular flexibility index (Phi) is 2.45. The van der Waals surface area contributed by atoms with E-state index in [0.29, 0.717) is 6.04 Å². The van der Waals surface area contributed by atoms with Gasteiger partial charge in [0.2, 0.25) is 0 Å². The maximum atomic E-state index is 6.07. The summed E-state index contributed by atoms with van der Waals surface area (Å²) >= 11 is 6.07. The van der Waals surface area contributed by atoms with Gasteiger partial charge in [0.15, 0.2) is 0 Å². The minimum Gasteiger partial charge on any atom is -0.310 e. The van der Waals surface area contributed by atoms with Crippen molar-refractivity contribution in [3.8, 4) is 0 Å². The van der Waals surface area contributed by atoms with Crippen LogP contribution < -0.4 is 5.32 Å². The highest BCUT2D eigenvalue weighted by Gasteiger charge is 2.29. The Morgan fingerprint density at radius 2 is 2.00 bits per heavy atom. The van der Waals surface area contributed by atoms with Crippen LogP contribution >= 0.6 is 11.6 Å². The van der Waals surface area contributed by atoms with Gasteiger partial charge in [0.25, 0.3) is 0 Å². The van der Waals surface area contributed by atoms with Gasteiger partial charge in [-0.1, -0.05) is 17.7 Å². The smallest absolute Gasteiger partial charge is 0.0409 e. The minimum atomic E-state index is 0.581. The van der Waals surface area contributed by atoms with E-state index in [1.54, 1.807) is 0 Å². The lowest BCUT2D eigenvalue weighted by Gasteiger charge is -2.16. The normalized spacial score (nSPS) is 25.8. The van der Waals surface area contributed by atoms with E-state index in [2.05, 4.69) is 17.4 Å². The lowest BCUT2D eigenvalue weighted by atomic mass is 9.96. The highest BCUT2D eigenvalue weighted by molar-refractivity contribution is 6.30. The average Bonchev–Trinajstić information content (AvgIpc) is 2.95. The molecular weight excluding hydrogens is 206 g/mol. The van der Waals surface area contributed by atoms with Crippen molar-refractivity contribution in [1.82, 2.24) is 5.32 Å². The molecule has 1 aromatic carbocycles. The molecular formula is C13H16ClN. The fourth-order valence-electron chi connectivity index (χ4n) is 2.56. The molecule has 1 aromatic rings. The van der Waals surface area contributed by atoms with E-state index in [0.717, 1.165) is 17.5 Å². The molecule has 80 valence electrons. The molecule has 0 spiro atoms. The summed E-state index contributed by atoms with van der Waals surface area (Å²) in [5, 5.41) is 4.46. The summed E-state index contributed by atoms with van der Waals surface area (Å²) in [6.07, 6.45) is 5.28. The lowest BCUT2D eigenvalue weighted by molar-refractivity contribution is 0.640. The monoisotopic (exact) mass is 221 g/mol. The van der Waals surface area contributed by atoms with Gasteiger partial charge in [-0.25, -0.2) is 0 Å². The summed E-state index contributed by atoms with van der Waals surface area (Å²) in [4.78, 5) is 0. The second-order valence-corrected chi connectivity index (χ2v) is 5.13. The summed E-state index contributed by atoms with van der Waals surface area (Å²) in [5.74, 6) is 0.793. The molecule has 1 atom stereocenters. The van der Waals surface area contributed by atoms with Gasteiger partial charge in [-0.2, -0.15) is 0 Å². The van der Waals surface area contributed by atoms with Crippen molar-refractivity contribution < 1.29 is 0 Å². The fraction of sp³-hybridized carbons (Fsp3) is 0.538.